The van der Waals surface area contributed by atoms with Gasteiger partial charge in [-0.3, -0.25) is 5.41 Å². The predicted molar refractivity (Wildman–Crippen MR) is 45.0 cm³/mol. The van der Waals surface area contributed by atoms with E-state index < -0.39 is 24.5 Å². The maximum Gasteiger partial charge on any atom is 0.400 e. The number of ether oxygens (including phenoxy) is 1. The van der Waals surface area contributed by atoms with Crippen molar-refractivity contribution >= 4 is 5.84 Å². The highest BCUT2D eigenvalue weighted by Gasteiger charge is 2.42. The SMILES string of the molecule is N=C(N)C(COCC1CC1)C(F)(F)F. The molecule has 14 heavy (non-hydrogen) atoms. The molecule has 1 rings (SSSR count). The third kappa shape index (κ3) is 3.53. The van der Waals surface area contributed by atoms with Crippen molar-refractivity contribution in [2.75, 3.05) is 13.2 Å². The Hall–Kier alpha value is -0.780. The molecule has 1 aliphatic rings. The van der Waals surface area contributed by atoms with E-state index in [0.29, 0.717) is 12.5 Å². The van der Waals surface area contributed by atoms with E-state index in [4.69, 9.17) is 15.9 Å². The van der Waals surface area contributed by atoms with Crippen molar-refractivity contribution in [1.29, 1.82) is 5.41 Å². The van der Waals surface area contributed by atoms with Crippen molar-refractivity contribution < 1.29 is 17.9 Å². The molecule has 0 aliphatic heterocycles. The molecule has 1 aliphatic carbocycles. The van der Waals surface area contributed by atoms with Gasteiger partial charge >= 0.3 is 6.18 Å². The molecule has 1 unspecified atom stereocenters. The van der Waals surface area contributed by atoms with E-state index >= 15 is 0 Å². The van der Waals surface area contributed by atoms with E-state index in [1.54, 1.807) is 0 Å². The lowest BCUT2D eigenvalue weighted by molar-refractivity contribution is -0.168. The minimum Gasteiger partial charge on any atom is -0.387 e. The van der Waals surface area contributed by atoms with Gasteiger partial charge in [-0.2, -0.15) is 13.2 Å². The summed E-state index contributed by atoms with van der Waals surface area (Å²) in [7, 11) is 0. The fourth-order valence-corrected chi connectivity index (χ4v) is 0.998. The van der Waals surface area contributed by atoms with Crippen LogP contribution in [0.15, 0.2) is 0 Å². The number of halogens is 3. The van der Waals surface area contributed by atoms with Crippen molar-refractivity contribution in [3.05, 3.63) is 0 Å². The number of hydrogen-bond acceptors (Lipinski definition) is 2. The summed E-state index contributed by atoms with van der Waals surface area (Å²) in [4.78, 5) is 0. The summed E-state index contributed by atoms with van der Waals surface area (Å²) in [5, 5.41) is 6.79. The van der Waals surface area contributed by atoms with Crippen LogP contribution in [0.5, 0.6) is 0 Å². The van der Waals surface area contributed by atoms with Crippen LogP contribution in [0.1, 0.15) is 12.8 Å². The summed E-state index contributed by atoms with van der Waals surface area (Å²) in [6, 6.07) is 0. The minimum atomic E-state index is -4.48. The van der Waals surface area contributed by atoms with E-state index in [1.165, 1.54) is 0 Å². The van der Waals surface area contributed by atoms with Gasteiger partial charge in [0, 0.05) is 6.61 Å². The zero-order valence-electron chi connectivity index (χ0n) is 7.60. The number of rotatable bonds is 5. The van der Waals surface area contributed by atoms with Gasteiger partial charge < -0.3 is 10.5 Å². The molecule has 0 amide bonds. The smallest absolute Gasteiger partial charge is 0.387 e. The Morgan fingerprint density at radius 3 is 2.43 bits per heavy atom. The topological polar surface area (TPSA) is 59.1 Å². The zero-order valence-corrected chi connectivity index (χ0v) is 7.60. The summed E-state index contributed by atoms with van der Waals surface area (Å²) in [6.45, 7) is -0.185. The maximum atomic E-state index is 12.2. The number of alkyl halides is 3. The molecule has 1 saturated carbocycles. The Balaban J connectivity index is 2.30. The van der Waals surface area contributed by atoms with Crippen LogP contribution in [-0.2, 0) is 4.74 Å². The van der Waals surface area contributed by atoms with Crippen LogP contribution in [0, 0.1) is 17.2 Å². The molecule has 82 valence electrons. The summed E-state index contributed by atoms with van der Waals surface area (Å²) in [5.41, 5.74) is 4.84. The Bertz CT molecular complexity index is 213. The second-order valence-electron chi connectivity index (χ2n) is 3.53. The largest absolute Gasteiger partial charge is 0.400 e. The van der Waals surface area contributed by atoms with Crippen molar-refractivity contribution in [2.45, 2.75) is 19.0 Å². The number of hydrogen-bond donors (Lipinski definition) is 2. The van der Waals surface area contributed by atoms with Gasteiger partial charge in [0.1, 0.15) is 11.8 Å². The standard InChI is InChI=1S/C8H13F3N2O/c9-8(10,11)6(7(12)13)4-14-3-5-1-2-5/h5-6H,1-4H2,(H3,12,13). The first kappa shape index (κ1) is 11.3. The van der Waals surface area contributed by atoms with Crippen LogP contribution in [-0.4, -0.2) is 25.2 Å². The van der Waals surface area contributed by atoms with E-state index in [2.05, 4.69) is 0 Å². The molecule has 6 heteroatoms. The van der Waals surface area contributed by atoms with E-state index in [-0.39, 0.29) is 0 Å². The molecule has 3 N–H and O–H groups in total. The van der Waals surface area contributed by atoms with Crippen molar-refractivity contribution in [1.82, 2.24) is 0 Å². The Morgan fingerprint density at radius 1 is 1.50 bits per heavy atom. The summed E-state index contributed by atoms with van der Waals surface area (Å²) in [5.74, 6) is -2.43. The van der Waals surface area contributed by atoms with Gasteiger partial charge in [-0.15, -0.1) is 0 Å². The van der Waals surface area contributed by atoms with Crippen molar-refractivity contribution in [3.8, 4) is 0 Å². The number of nitrogens with one attached hydrogen (secondary N) is 1. The molecule has 1 fully saturated rings. The Kier molecular flexibility index (Phi) is 3.36. The molecule has 0 aromatic carbocycles. The van der Waals surface area contributed by atoms with Gasteiger partial charge in [-0.25, -0.2) is 0 Å². The molecule has 0 radical (unpaired) electrons. The summed E-state index contributed by atoms with van der Waals surface area (Å²) < 4.78 is 41.5. The lowest BCUT2D eigenvalue weighted by Crippen LogP contribution is -2.38. The summed E-state index contributed by atoms with van der Waals surface area (Å²) >= 11 is 0. The van der Waals surface area contributed by atoms with Crippen LogP contribution >= 0.6 is 0 Å². The first-order valence-electron chi connectivity index (χ1n) is 4.39. The third-order valence-corrected chi connectivity index (χ3v) is 2.11. The highest BCUT2D eigenvalue weighted by molar-refractivity contribution is 5.80. The van der Waals surface area contributed by atoms with E-state index in [0.717, 1.165) is 12.8 Å². The molecular weight excluding hydrogens is 197 g/mol. The van der Waals surface area contributed by atoms with E-state index in [1.807, 2.05) is 0 Å². The van der Waals surface area contributed by atoms with Crippen LogP contribution < -0.4 is 5.73 Å². The monoisotopic (exact) mass is 210 g/mol. The first-order chi connectivity index (χ1) is 6.41. The van der Waals surface area contributed by atoms with Crippen LogP contribution in [0.25, 0.3) is 0 Å². The van der Waals surface area contributed by atoms with E-state index in [9.17, 15) is 13.2 Å². The molecule has 0 saturated heterocycles. The zero-order chi connectivity index (χ0) is 10.8. The van der Waals surface area contributed by atoms with Crippen LogP contribution in [0.2, 0.25) is 0 Å². The highest BCUT2D eigenvalue weighted by Crippen LogP contribution is 2.30. The number of nitrogens with two attached hydrogens (primary N) is 1. The maximum absolute atomic E-state index is 12.2. The number of amidine groups is 1. The minimum absolute atomic E-state index is 0.347. The average Bonchev–Trinajstić information content (AvgIpc) is 2.77. The lowest BCUT2D eigenvalue weighted by Gasteiger charge is -2.18. The van der Waals surface area contributed by atoms with Gasteiger partial charge in [0.15, 0.2) is 0 Å². The van der Waals surface area contributed by atoms with Gasteiger partial charge in [0.2, 0.25) is 0 Å². The van der Waals surface area contributed by atoms with Crippen molar-refractivity contribution in [2.24, 2.45) is 17.6 Å². The van der Waals surface area contributed by atoms with Gasteiger partial charge in [-0.1, -0.05) is 0 Å². The van der Waals surface area contributed by atoms with Gasteiger partial charge in [-0.05, 0) is 18.8 Å². The fraction of sp³-hybridized carbons (Fsp3) is 0.875. The second-order valence-corrected chi connectivity index (χ2v) is 3.53. The predicted octanol–water partition coefficient (Wildman–Crippen LogP) is 1.53. The third-order valence-electron chi connectivity index (χ3n) is 2.11. The molecule has 3 nitrogen and oxygen atoms in total. The lowest BCUT2D eigenvalue weighted by atomic mass is 10.1. The Labute approximate surface area is 79.9 Å². The molecule has 0 bridgehead atoms. The van der Waals surface area contributed by atoms with Crippen molar-refractivity contribution in [3.63, 3.8) is 0 Å². The van der Waals surface area contributed by atoms with Crippen LogP contribution in [0.3, 0.4) is 0 Å². The van der Waals surface area contributed by atoms with Gasteiger partial charge in [0.05, 0.1) is 6.61 Å². The summed E-state index contributed by atoms with van der Waals surface area (Å²) in [6.07, 6.45) is -2.43. The molecule has 1 atom stereocenters. The molecule has 0 spiro atoms. The molecule has 0 heterocycles. The molecule has 0 aromatic rings. The fourth-order valence-electron chi connectivity index (χ4n) is 0.998. The average molecular weight is 210 g/mol. The first-order valence-corrected chi connectivity index (χ1v) is 4.39. The molecular formula is C8H13F3N2O. The van der Waals surface area contributed by atoms with Gasteiger partial charge in [0.25, 0.3) is 0 Å². The quantitative estimate of drug-likeness (QED) is 0.534. The molecule has 0 aromatic heterocycles. The van der Waals surface area contributed by atoms with Crippen LogP contribution in [0.4, 0.5) is 13.2 Å². The Morgan fingerprint density at radius 2 is 2.07 bits per heavy atom. The normalized spacial score (nSPS) is 19.4. The second kappa shape index (κ2) is 4.16. The highest BCUT2D eigenvalue weighted by atomic mass is 19.4.